The van der Waals surface area contributed by atoms with Gasteiger partial charge in [0.25, 0.3) is 0 Å². The number of rotatable bonds is 2. The van der Waals surface area contributed by atoms with Crippen molar-refractivity contribution in [1.29, 1.82) is 0 Å². The van der Waals surface area contributed by atoms with Gasteiger partial charge in [0.05, 0.1) is 20.7 Å². The van der Waals surface area contributed by atoms with Crippen LogP contribution in [0.25, 0.3) is 11.3 Å². The van der Waals surface area contributed by atoms with E-state index in [4.69, 9.17) is 9.84 Å². The van der Waals surface area contributed by atoms with Crippen molar-refractivity contribution < 1.29 is 13.9 Å². The van der Waals surface area contributed by atoms with Gasteiger partial charge in [0.1, 0.15) is 17.1 Å². The van der Waals surface area contributed by atoms with Crippen LogP contribution in [0.4, 0.5) is 4.39 Å². The first kappa shape index (κ1) is 17.9. The summed E-state index contributed by atoms with van der Waals surface area (Å²) in [6.45, 7) is 5.70. The lowest BCUT2D eigenvalue weighted by molar-refractivity contribution is -0.161. The Balaban J connectivity index is 1.71. The molecule has 1 spiro atoms. The predicted octanol–water partition coefficient (Wildman–Crippen LogP) is 4.69. The summed E-state index contributed by atoms with van der Waals surface area (Å²) in [6, 6.07) is 6.54. The van der Waals surface area contributed by atoms with Crippen LogP contribution < -0.4 is 0 Å². The number of hydrogen-bond acceptors (Lipinski definition) is 3. The molecule has 138 valence electrons. The Morgan fingerprint density at radius 1 is 1.38 bits per heavy atom. The van der Waals surface area contributed by atoms with Crippen molar-refractivity contribution in [3.63, 3.8) is 0 Å². The van der Waals surface area contributed by atoms with Crippen molar-refractivity contribution in [2.24, 2.45) is 5.92 Å². The fraction of sp³-hybridized carbons (Fsp3) is 0.500. The van der Waals surface area contributed by atoms with Crippen LogP contribution in [0.3, 0.4) is 0 Å². The zero-order valence-corrected chi connectivity index (χ0v) is 17.3. The van der Waals surface area contributed by atoms with E-state index in [1.54, 1.807) is 6.07 Å². The molecule has 1 fully saturated rings. The normalized spacial score (nSPS) is 20.7. The average molecular weight is 468 g/mol. The van der Waals surface area contributed by atoms with Gasteiger partial charge < -0.3 is 4.74 Å². The molecule has 2 aliphatic rings. The minimum atomic E-state index is -0.481. The Kier molecular flexibility index (Phi) is 4.17. The highest BCUT2D eigenvalue weighted by Crippen LogP contribution is 2.53. The van der Waals surface area contributed by atoms with E-state index in [0.29, 0.717) is 6.42 Å². The van der Waals surface area contributed by atoms with Crippen LogP contribution in [0.5, 0.6) is 0 Å². The first-order valence-electron chi connectivity index (χ1n) is 8.95. The third kappa shape index (κ3) is 3.17. The lowest BCUT2D eigenvalue weighted by atomic mass is 9.89. The van der Waals surface area contributed by atoms with E-state index in [1.807, 2.05) is 26.8 Å². The van der Waals surface area contributed by atoms with Crippen LogP contribution in [0.15, 0.2) is 24.3 Å². The number of esters is 1. The number of aromatic nitrogens is 2. The molecule has 0 saturated heterocycles. The number of hydrogen-bond donors (Lipinski definition) is 0. The molecule has 1 aromatic carbocycles. The minimum absolute atomic E-state index is 0.0688. The van der Waals surface area contributed by atoms with Gasteiger partial charge in [0.2, 0.25) is 0 Å². The Labute approximate surface area is 166 Å². The van der Waals surface area contributed by atoms with Gasteiger partial charge in [0.15, 0.2) is 0 Å². The van der Waals surface area contributed by atoms with Crippen molar-refractivity contribution in [2.75, 3.05) is 0 Å². The molecular formula is C20H22FIN2O2. The molecule has 1 atom stereocenters. The van der Waals surface area contributed by atoms with Crippen LogP contribution in [-0.4, -0.2) is 21.4 Å². The van der Waals surface area contributed by atoms with Crippen molar-refractivity contribution in [2.45, 2.75) is 57.6 Å². The van der Waals surface area contributed by atoms with Crippen LogP contribution in [0, 0.1) is 15.3 Å². The third-order valence-electron chi connectivity index (χ3n) is 5.10. The highest BCUT2D eigenvalue weighted by Gasteiger charge is 2.53. The van der Waals surface area contributed by atoms with E-state index in [9.17, 15) is 9.18 Å². The summed E-state index contributed by atoms with van der Waals surface area (Å²) in [6.07, 6.45) is 3.45. The molecule has 0 amide bonds. The van der Waals surface area contributed by atoms with Crippen molar-refractivity contribution in [1.82, 2.24) is 9.78 Å². The van der Waals surface area contributed by atoms with Crippen molar-refractivity contribution in [3.8, 4) is 11.3 Å². The summed E-state index contributed by atoms with van der Waals surface area (Å²) in [5.41, 5.74) is 2.10. The number of nitrogens with zero attached hydrogens (tertiary/aromatic N) is 2. The van der Waals surface area contributed by atoms with Gasteiger partial charge in [-0.2, -0.15) is 5.10 Å². The summed E-state index contributed by atoms with van der Waals surface area (Å²) in [5, 5.41) is 4.84. The molecule has 0 N–H and O–H groups in total. The van der Waals surface area contributed by atoms with E-state index in [1.165, 1.54) is 12.1 Å². The molecule has 4 rings (SSSR count). The van der Waals surface area contributed by atoms with Gasteiger partial charge in [-0.1, -0.05) is 12.1 Å². The molecule has 1 unspecified atom stereocenters. The second kappa shape index (κ2) is 6.04. The summed E-state index contributed by atoms with van der Waals surface area (Å²) in [4.78, 5) is 12.7. The fourth-order valence-corrected chi connectivity index (χ4v) is 4.65. The monoisotopic (exact) mass is 468 g/mol. The Morgan fingerprint density at radius 3 is 2.73 bits per heavy atom. The summed E-state index contributed by atoms with van der Waals surface area (Å²) < 4.78 is 22.4. The van der Waals surface area contributed by atoms with Crippen molar-refractivity contribution >= 4 is 28.6 Å². The van der Waals surface area contributed by atoms with E-state index in [-0.39, 0.29) is 23.2 Å². The summed E-state index contributed by atoms with van der Waals surface area (Å²) >= 11 is 2.28. The molecular weight excluding hydrogens is 446 g/mol. The summed E-state index contributed by atoms with van der Waals surface area (Å²) in [7, 11) is 0. The van der Waals surface area contributed by atoms with Crippen LogP contribution in [0.1, 0.15) is 45.7 Å². The van der Waals surface area contributed by atoms with Gasteiger partial charge in [0, 0.05) is 12.0 Å². The Hall–Kier alpha value is -1.44. The smallest absolute Gasteiger partial charge is 0.309 e. The SMILES string of the molecule is CC(C)(C)OC(=O)C1Cc2c(I)c(-c3cccc(F)c3)nn2C2(CC2)C1. The van der Waals surface area contributed by atoms with Crippen LogP contribution >= 0.6 is 22.6 Å². The van der Waals surface area contributed by atoms with Crippen molar-refractivity contribution in [3.05, 3.63) is 39.3 Å². The van der Waals surface area contributed by atoms with E-state index in [2.05, 4.69) is 27.3 Å². The standard InChI is InChI=1S/C20H22FIN2O2/c1-19(2,3)26-18(25)13-10-15-16(22)17(12-5-4-6-14(21)9-12)23-24(15)20(11-13)7-8-20/h4-6,9,13H,7-8,10-11H2,1-3H3. The number of carbonyl (C=O) groups is 1. The molecule has 1 aromatic heterocycles. The highest BCUT2D eigenvalue weighted by atomic mass is 127. The maximum absolute atomic E-state index is 13.7. The Bertz CT molecular complexity index is 880. The number of benzene rings is 1. The molecule has 26 heavy (non-hydrogen) atoms. The molecule has 4 nitrogen and oxygen atoms in total. The zero-order chi connectivity index (χ0) is 18.7. The largest absolute Gasteiger partial charge is 0.460 e. The minimum Gasteiger partial charge on any atom is -0.460 e. The maximum Gasteiger partial charge on any atom is 0.309 e. The highest BCUT2D eigenvalue weighted by molar-refractivity contribution is 14.1. The van der Waals surface area contributed by atoms with E-state index >= 15 is 0 Å². The zero-order valence-electron chi connectivity index (χ0n) is 15.2. The third-order valence-corrected chi connectivity index (χ3v) is 6.23. The molecule has 0 bridgehead atoms. The average Bonchev–Trinajstić information content (AvgIpc) is 3.22. The van der Waals surface area contributed by atoms with Gasteiger partial charge in [-0.05, 0) is 74.8 Å². The molecule has 2 heterocycles. The molecule has 1 aliphatic carbocycles. The molecule has 6 heteroatoms. The summed E-state index contributed by atoms with van der Waals surface area (Å²) in [5.74, 6) is -0.536. The quantitative estimate of drug-likeness (QED) is 0.475. The topological polar surface area (TPSA) is 44.1 Å². The number of fused-ring (bicyclic) bond motifs is 2. The van der Waals surface area contributed by atoms with Crippen LogP contribution in [0.2, 0.25) is 0 Å². The molecule has 0 radical (unpaired) electrons. The van der Waals surface area contributed by atoms with E-state index < -0.39 is 5.60 Å². The lowest BCUT2D eigenvalue weighted by Crippen LogP contribution is -2.38. The molecule has 1 saturated carbocycles. The van der Waals surface area contributed by atoms with E-state index in [0.717, 1.165) is 39.8 Å². The van der Waals surface area contributed by atoms with Crippen LogP contribution in [-0.2, 0) is 21.5 Å². The molecule has 1 aliphatic heterocycles. The van der Waals surface area contributed by atoms with Gasteiger partial charge >= 0.3 is 5.97 Å². The number of ether oxygens (including phenoxy) is 1. The first-order valence-corrected chi connectivity index (χ1v) is 10.0. The Morgan fingerprint density at radius 2 is 2.12 bits per heavy atom. The number of carbonyl (C=O) groups excluding carboxylic acids is 1. The second-order valence-electron chi connectivity index (χ2n) is 8.39. The predicted molar refractivity (Wildman–Crippen MR) is 105 cm³/mol. The van der Waals surface area contributed by atoms with Gasteiger partial charge in [-0.25, -0.2) is 4.39 Å². The first-order chi connectivity index (χ1) is 12.2. The number of halogens is 2. The van der Waals surface area contributed by atoms with Gasteiger partial charge in [-0.3, -0.25) is 9.48 Å². The second-order valence-corrected chi connectivity index (χ2v) is 9.47. The van der Waals surface area contributed by atoms with Gasteiger partial charge in [-0.15, -0.1) is 0 Å². The lowest BCUT2D eigenvalue weighted by Gasteiger charge is -2.32. The molecule has 2 aromatic rings. The fourth-order valence-electron chi connectivity index (χ4n) is 3.79. The maximum atomic E-state index is 13.7.